The lowest BCUT2D eigenvalue weighted by Crippen LogP contribution is -2.46. The summed E-state index contributed by atoms with van der Waals surface area (Å²) in [7, 11) is 0. The van der Waals surface area contributed by atoms with Gasteiger partial charge >= 0.3 is 5.97 Å². The van der Waals surface area contributed by atoms with E-state index in [1.165, 1.54) is 180 Å². The van der Waals surface area contributed by atoms with E-state index in [2.05, 4.69) is 38.2 Å². The molecule has 0 aromatic rings. The second kappa shape index (κ2) is 45.7. The summed E-state index contributed by atoms with van der Waals surface area (Å²) >= 11 is 0. The number of rotatable bonds is 46. The Bertz CT molecular complexity index is 863. The monoisotopic (exact) mass is 806 g/mol. The maximum atomic E-state index is 13.2. The van der Waals surface area contributed by atoms with Crippen molar-refractivity contribution >= 4 is 11.9 Å². The summed E-state index contributed by atoms with van der Waals surface area (Å²) in [5.74, 6) is -0.488. The summed E-state index contributed by atoms with van der Waals surface area (Å²) in [6.45, 7) is 6.48. The van der Waals surface area contributed by atoms with Gasteiger partial charge in [-0.2, -0.15) is 0 Å². The average Bonchev–Trinajstić information content (AvgIpc) is 3.20. The van der Waals surface area contributed by atoms with Crippen LogP contribution >= 0.6 is 0 Å². The van der Waals surface area contributed by atoms with Crippen molar-refractivity contribution in [2.45, 2.75) is 296 Å². The third-order valence-electron chi connectivity index (χ3n) is 11.8. The molecule has 1 amide bonds. The van der Waals surface area contributed by atoms with Crippen LogP contribution in [-0.4, -0.2) is 46.9 Å². The van der Waals surface area contributed by atoms with Crippen LogP contribution in [0.3, 0.4) is 0 Å². The number of carbonyl (C=O) groups is 2. The third kappa shape index (κ3) is 41.1. The summed E-state index contributed by atoms with van der Waals surface area (Å²) in [5, 5.41) is 23.7. The first kappa shape index (κ1) is 55.6. The maximum Gasteiger partial charge on any atom is 0.306 e. The second-order valence-corrected chi connectivity index (χ2v) is 17.6. The molecular formula is C51H99NO5. The third-order valence-corrected chi connectivity index (χ3v) is 11.8. The molecule has 3 atom stereocenters. The van der Waals surface area contributed by atoms with Gasteiger partial charge in [0.25, 0.3) is 0 Å². The van der Waals surface area contributed by atoms with Gasteiger partial charge in [0.15, 0.2) is 0 Å². The number of aliphatic hydroxyl groups excluding tert-OH is 2. The van der Waals surface area contributed by atoms with Gasteiger partial charge in [0.1, 0.15) is 6.10 Å². The summed E-state index contributed by atoms with van der Waals surface area (Å²) in [6, 6.07) is -0.702. The lowest BCUT2D eigenvalue weighted by atomic mass is 10.0. The minimum Gasteiger partial charge on any atom is -0.462 e. The van der Waals surface area contributed by atoms with Gasteiger partial charge in [0.2, 0.25) is 5.91 Å². The Morgan fingerprint density at radius 2 is 0.860 bits per heavy atom. The number of allylic oxidation sites excluding steroid dienone is 2. The van der Waals surface area contributed by atoms with Gasteiger partial charge in [-0.15, -0.1) is 0 Å². The van der Waals surface area contributed by atoms with Crippen LogP contribution in [0.1, 0.15) is 278 Å². The van der Waals surface area contributed by atoms with Crippen LogP contribution in [0, 0.1) is 0 Å². The van der Waals surface area contributed by atoms with Gasteiger partial charge in [-0.3, -0.25) is 9.59 Å². The summed E-state index contributed by atoms with van der Waals surface area (Å²) in [6.07, 6.45) is 49.9. The molecule has 338 valence electrons. The van der Waals surface area contributed by atoms with Crippen molar-refractivity contribution in [2.75, 3.05) is 6.61 Å². The Balaban J connectivity index is 4.55. The van der Waals surface area contributed by atoms with E-state index in [9.17, 15) is 19.8 Å². The second-order valence-electron chi connectivity index (χ2n) is 17.6. The van der Waals surface area contributed by atoms with Gasteiger partial charge in [-0.1, -0.05) is 232 Å². The molecule has 0 aromatic heterocycles. The van der Waals surface area contributed by atoms with E-state index in [4.69, 9.17) is 4.74 Å². The molecule has 0 heterocycles. The van der Waals surface area contributed by atoms with Crippen molar-refractivity contribution in [3.05, 3.63) is 12.2 Å². The zero-order chi connectivity index (χ0) is 41.7. The molecule has 0 bridgehead atoms. The maximum absolute atomic E-state index is 13.2. The molecule has 0 spiro atoms. The number of hydrogen-bond acceptors (Lipinski definition) is 5. The molecule has 0 aliphatic rings. The van der Waals surface area contributed by atoms with Crippen LogP contribution in [0.25, 0.3) is 0 Å². The first-order valence-corrected chi connectivity index (χ1v) is 25.4. The zero-order valence-electron chi connectivity index (χ0n) is 38.5. The normalized spacial score (nSPS) is 13.3. The highest BCUT2D eigenvalue weighted by molar-refractivity contribution is 5.77. The van der Waals surface area contributed by atoms with Crippen LogP contribution < -0.4 is 5.32 Å². The van der Waals surface area contributed by atoms with E-state index < -0.39 is 18.2 Å². The largest absolute Gasteiger partial charge is 0.462 e. The Kier molecular flexibility index (Phi) is 44.6. The Hall–Kier alpha value is -1.40. The summed E-state index contributed by atoms with van der Waals surface area (Å²) in [4.78, 5) is 26.1. The minimum atomic E-state index is -0.787. The molecule has 0 rings (SSSR count). The van der Waals surface area contributed by atoms with Crippen LogP contribution in [0.2, 0.25) is 0 Å². The fourth-order valence-electron chi connectivity index (χ4n) is 7.96. The minimum absolute atomic E-state index is 0.0635. The van der Waals surface area contributed by atoms with E-state index in [-0.39, 0.29) is 24.9 Å². The Morgan fingerprint density at radius 3 is 1.28 bits per heavy atom. The summed E-state index contributed by atoms with van der Waals surface area (Å²) < 4.78 is 5.91. The van der Waals surface area contributed by atoms with E-state index in [0.29, 0.717) is 19.3 Å². The predicted octanol–water partition coefficient (Wildman–Crippen LogP) is 15.0. The van der Waals surface area contributed by atoms with Gasteiger partial charge in [-0.25, -0.2) is 0 Å². The van der Waals surface area contributed by atoms with E-state index in [1.807, 2.05) is 0 Å². The molecule has 0 aliphatic carbocycles. The number of unbranched alkanes of at least 4 members (excludes halogenated alkanes) is 32. The molecule has 6 nitrogen and oxygen atoms in total. The number of carbonyl (C=O) groups excluding carboxylic acids is 2. The number of esters is 1. The number of nitrogens with one attached hydrogen (secondary N) is 1. The molecule has 0 fully saturated rings. The molecule has 0 saturated carbocycles. The summed E-state index contributed by atoms with van der Waals surface area (Å²) in [5.41, 5.74) is 0. The number of ether oxygens (including phenoxy) is 1. The van der Waals surface area contributed by atoms with Crippen molar-refractivity contribution in [2.24, 2.45) is 0 Å². The molecule has 0 radical (unpaired) electrons. The van der Waals surface area contributed by atoms with E-state index >= 15 is 0 Å². The molecule has 3 unspecified atom stereocenters. The van der Waals surface area contributed by atoms with Crippen LogP contribution in [0.4, 0.5) is 0 Å². The smallest absolute Gasteiger partial charge is 0.306 e. The fourth-order valence-corrected chi connectivity index (χ4v) is 7.96. The molecule has 0 saturated heterocycles. The highest BCUT2D eigenvalue weighted by atomic mass is 16.5. The first-order valence-electron chi connectivity index (χ1n) is 25.4. The molecule has 57 heavy (non-hydrogen) atoms. The van der Waals surface area contributed by atoms with E-state index in [0.717, 1.165) is 51.4 Å². The molecule has 6 heteroatoms. The van der Waals surface area contributed by atoms with Crippen molar-refractivity contribution in [3.63, 3.8) is 0 Å². The lowest BCUT2D eigenvalue weighted by Gasteiger charge is -2.24. The number of aliphatic hydroxyl groups is 2. The van der Waals surface area contributed by atoms with Crippen molar-refractivity contribution in [1.82, 2.24) is 5.32 Å². The lowest BCUT2D eigenvalue weighted by molar-refractivity contribution is -0.151. The SMILES string of the molecule is CCCCCCCCC/C=C\CCCC(CC(=O)NC(CO)C(O)CCCCCCCCCCCCCC)OC(=O)CCCCCCCCCCCCCCCC. The van der Waals surface area contributed by atoms with Gasteiger partial charge < -0.3 is 20.3 Å². The molecular weight excluding hydrogens is 707 g/mol. The topological polar surface area (TPSA) is 95.9 Å². The predicted molar refractivity (Wildman–Crippen MR) is 246 cm³/mol. The average molecular weight is 806 g/mol. The zero-order valence-corrected chi connectivity index (χ0v) is 38.5. The highest BCUT2D eigenvalue weighted by Crippen LogP contribution is 2.18. The molecule has 0 aromatic carbocycles. The van der Waals surface area contributed by atoms with Crippen LogP contribution in [-0.2, 0) is 14.3 Å². The highest BCUT2D eigenvalue weighted by Gasteiger charge is 2.24. The Morgan fingerprint density at radius 1 is 0.491 bits per heavy atom. The first-order chi connectivity index (χ1) is 28.0. The van der Waals surface area contributed by atoms with Crippen LogP contribution in [0.5, 0.6) is 0 Å². The molecule has 0 aliphatic heterocycles. The van der Waals surface area contributed by atoms with Gasteiger partial charge in [0.05, 0.1) is 25.2 Å². The quantitative estimate of drug-likeness (QED) is 0.0323. The fraction of sp³-hybridized carbons (Fsp3) is 0.922. The Labute approximate surface area is 355 Å². The van der Waals surface area contributed by atoms with Crippen molar-refractivity contribution in [3.8, 4) is 0 Å². The van der Waals surface area contributed by atoms with Gasteiger partial charge in [0, 0.05) is 6.42 Å². The number of hydrogen-bond donors (Lipinski definition) is 3. The standard InChI is InChI=1S/C51H99NO5/c1-4-7-10-13-16-19-22-25-26-29-32-35-38-41-44-51(56)57-47(42-39-36-33-30-27-23-20-17-14-11-8-5-2)45-50(55)52-48(46-53)49(54)43-40-37-34-31-28-24-21-18-15-12-9-6-3/h30,33,47-49,53-54H,4-29,31-32,34-46H2,1-3H3,(H,52,55)/b33-30-. The van der Waals surface area contributed by atoms with Crippen molar-refractivity contribution < 1.29 is 24.5 Å². The van der Waals surface area contributed by atoms with Crippen molar-refractivity contribution in [1.29, 1.82) is 0 Å². The van der Waals surface area contributed by atoms with Crippen LogP contribution in [0.15, 0.2) is 12.2 Å². The van der Waals surface area contributed by atoms with Gasteiger partial charge in [-0.05, 0) is 44.9 Å². The number of amides is 1. The molecule has 3 N–H and O–H groups in total. The van der Waals surface area contributed by atoms with E-state index in [1.54, 1.807) is 0 Å².